The summed E-state index contributed by atoms with van der Waals surface area (Å²) in [6.45, 7) is 2.71. The lowest BCUT2D eigenvalue weighted by molar-refractivity contribution is -0.114. The SMILES string of the molecule is CCNC(=O)C(=NOC)c1ccccc1COc1ccccc1. The second kappa shape index (κ2) is 8.58. The summed E-state index contributed by atoms with van der Waals surface area (Å²) in [6, 6.07) is 17.0. The molecule has 0 aliphatic rings. The Bertz CT molecular complexity index is 669. The van der Waals surface area contributed by atoms with Crippen LogP contribution in [0.1, 0.15) is 18.1 Å². The number of likely N-dealkylation sites (N-methyl/N-ethyl adjacent to an activating group) is 1. The molecule has 0 fully saturated rings. The van der Waals surface area contributed by atoms with Gasteiger partial charge in [0, 0.05) is 12.1 Å². The molecule has 0 atom stereocenters. The third-order valence-corrected chi connectivity index (χ3v) is 3.15. The van der Waals surface area contributed by atoms with E-state index >= 15 is 0 Å². The topological polar surface area (TPSA) is 59.9 Å². The predicted molar refractivity (Wildman–Crippen MR) is 89.4 cm³/mol. The zero-order valence-electron chi connectivity index (χ0n) is 13.3. The van der Waals surface area contributed by atoms with Gasteiger partial charge in [0.15, 0.2) is 5.71 Å². The lowest BCUT2D eigenvalue weighted by Gasteiger charge is -2.12. The van der Waals surface area contributed by atoms with Crippen molar-refractivity contribution in [1.82, 2.24) is 5.32 Å². The summed E-state index contributed by atoms with van der Waals surface area (Å²) in [5, 5.41) is 6.62. The highest BCUT2D eigenvalue weighted by atomic mass is 16.6. The molecule has 1 N–H and O–H groups in total. The molecule has 2 rings (SSSR count). The lowest BCUT2D eigenvalue weighted by Crippen LogP contribution is -2.32. The van der Waals surface area contributed by atoms with Crippen LogP contribution >= 0.6 is 0 Å². The maximum Gasteiger partial charge on any atom is 0.273 e. The minimum Gasteiger partial charge on any atom is -0.489 e. The Morgan fingerprint density at radius 3 is 2.48 bits per heavy atom. The van der Waals surface area contributed by atoms with Crippen LogP contribution in [-0.4, -0.2) is 25.3 Å². The largest absolute Gasteiger partial charge is 0.489 e. The highest BCUT2D eigenvalue weighted by Gasteiger charge is 2.17. The predicted octanol–water partition coefficient (Wildman–Crippen LogP) is 2.75. The summed E-state index contributed by atoms with van der Waals surface area (Å²) in [5.41, 5.74) is 1.79. The Hall–Kier alpha value is -2.82. The van der Waals surface area contributed by atoms with E-state index in [-0.39, 0.29) is 11.6 Å². The molecule has 0 aliphatic carbocycles. The first-order valence-corrected chi connectivity index (χ1v) is 7.41. The Balaban J connectivity index is 2.24. The third-order valence-electron chi connectivity index (χ3n) is 3.15. The molecule has 2 aromatic carbocycles. The lowest BCUT2D eigenvalue weighted by atomic mass is 10.0. The molecule has 120 valence electrons. The molecule has 5 nitrogen and oxygen atoms in total. The molecule has 0 saturated carbocycles. The zero-order chi connectivity index (χ0) is 16.5. The molecule has 0 radical (unpaired) electrons. The second-order valence-corrected chi connectivity index (χ2v) is 4.74. The van der Waals surface area contributed by atoms with Crippen molar-refractivity contribution < 1.29 is 14.4 Å². The van der Waals surface area contributed by atoms with Crippen molar-refractivity contribution in [2.75, 3.05) is 13.7 Å². The summed E-state index contributed by atoms with van der Waals surface area (Å²) in [5.74, 6) is 0.493. The quantitative estimate of drug-likeness (QED) is 0.632. The molecule has 0 aliphatic heterocycles. The number of ether oxygens (including phenoxy) is 1. The van der Waals surface area contributed by atoms with E-state index in [1.54, 1.807) is 0 Å². The Kier molecular flexibility index (Phi) is 6.17. The van der Waals surface area contributed by atoms with Crippen molar-refractivity contribution in [3.63, 3.8) is 0 Å². The van der Waals surface area contributed by atoms with Gasteiger partial charge < -0.3 is 14.9 Å². The van der Waals surface area contributed by atoms with Crippen LogP contribution in [0.25, 0.3) is 0 Å². The normalized spacial score (nSPS) is 11.0. The van der Waals surface area contributed by atoms with Gasteiger partial charge in [0.05, 0.1) is 0 Å². The molecule has 0 aromatic heterocycles. The van der Waals surface area contributed by atoms with Crippen molar-refractivity contribution in [2.24, 2.45) is 5.16 Å². The number of nitrogens with one attached hydrogen (secondary N) is 1. The Labute approximate surface area is 135 Å². The fourth-order valence-corrected chi connectivity index (χ4v) is 2.10. The minimum absolute atomic E-state index is 0.238. The van der Waals surface area contributed by atoms with Crippen LogP contribution in [0.5, 0.6) is 5.75 Å². The number of hydrogen-bond acceptors (Lipinski definition) is 4. The van der Waals surface area contributed by atoms with E-state index in [0.29, 0.717) is 18.7 Å². The molecule has 2 aromatic rings. The summed E-state index contributed by atoms with van der Waals surface area (Å²) in [6.07, 6.45) is 0. The van der Waals surface area contributed by atoms with E-state index in [1.165, 1.54) is 7.11 Å². The number of carbonyl (C=O) groups is 1. The summed E-state index contributed by atoms with van der Waals surface area (Å²) >= 11 is 0. The summed E-state index contributed by atoms with van der Waals surface area (Å²) in [7, 11) is 1.42. The van der Waals surface area contributed by atoms with E-state index in [1.807, 2.05) is 61.5 Å². The smallest absolute Gasteiger partial charge is 0.273 e. The first kappa shape index (κ1) is 16.5. The van der Waals surface area contributed by atoms with E-state index < -0.39 is 0 Å². The van der Waals surface area contributed by atoms with Crippen LogP contribution in [-0.2, 0) is 16.2 Å². The standard InChI is InChI=1S/C18H20N2O3/c1-3-19-18(21)17(20-22-2)16-12-8-7-9-14(16)13-23-15-10-5-4-6-11-15/h4-12H,3,13H2,1-2H3,(H,19,21). The van der Waals surface area contributed by atoms with Gasteiger partial charge in [0.2, 0.25) is 0 Å². The van der Waals surface area contributed by atoms with Crippen molar-refractivity contribution in [1.29, 1.82) is 0 Å². The Morgan fingerprint density at radius 2 is 1.78 bits per heavy atom. The molecular weight excluding hydrogens is 292 g/mol. The summed E-state index contributed by atoms with van der Waals surface area (Å²) < 4.78 is 5.77. The molecule has 5 heteroatoms. The number of para-hydroxylation sites is 1. The van der Waals surface area contributed by atoms with Gasteiger partial charge in [-0.05, 0) is 24.6 Å². The number of amides is 1. The van der Waals surface area contributed by atoms with Gasteiger partial charge in [-0.1, -0.05) is 47.6 Å². The average molecular weight is 312 g/mol. The number of rotatable bonds is 7. The Morgan fingerprint density at radius 1 is 1.09 bits per heavy atom. The first-order chi connectivity index (χ1) is 11.3. The molecule has 0 heterocycles. The van der Waals surface area contributed by atoms with Gasteiger partial charge >= 0.3 is 0 Å². The monoisotopic (exact) mass is 312 g/mol. The third kappa shape index (κ3) is 4.57. The van der Waals surface area contributed by atoms with Gasteiger partial charge in [0.25, 0.3) is 5.91 Å². The molecule has 0 saturated heterocycles. The van der Waals surface area contributed by atoms with E-state index in [9.17, 15) is 4.79 Å². The van der Waals surface area contributed by atoms with Crippen molar-refractivity contribution >= 4 is 11.6 Å². The number of carbonyl (C=O) groups excluding carboxylic acids is 1. The fourth-order valence-electron chi connectivity index (χ4n) is 2.10. The highest BCUT2D eigenvalue weighted by Crippen LogP contribution is 2.16. The van der Waals surface area contributed by atoms with Crippen LogP contribution in [0.3, 0.4) is 0 Å². The van der Waals surface area contributed by atoms with Crippen molar-refractivity contribution in [3.05, 3.63) is 65.7 Å². The maximum absolute atomic E-state index is 12.2. The number of benzene rings is 2. The summed E-state index contributed by atoms with van der Waals surface area (Å²) in [4.78, 5) is 17.0. The average Bonchev–Trinajstić information content (AvgIpc) is 2.59. The number of hydrogen-bond donors (Lipinski definition) is 1. The number of oxime groups is 1. The molecule has 23 heavy (non-hydrogen) atoms. The molecular formula is C18H20N2O3. The molecule has 0 unspecified atom stereocenters. The molecule has 0 spiro atoms. The van der Waals surface area contributed by atoms with Crippen molar-refractivity contribution in [2.45, 2.75) is 13.5 Å². The van der Waals surface area contributed by atoms with E-state index in [4.69, 9.17) is 9.57 Å². The minimum atomic E-state index is -0.276. The van der Waals surface area contributed by atoms with Gasteiger partial charge in [-0.3, -0.25) is 4.79 Å². The second-order valence-electron chi connectivity index (χ2n) is 4.74. The highest BCUT2D eigenvalue weighted by molar-refractivity contribution is 6.45. The number of nitrogens with zero attached hydrogens (tertiary/aromatic N) is 1. The van der Waals surface area contributed by atoms with Crippen LogP contribution in [0.2, 0.25) is 0 Å². The van der Waals surface area contributed by atoms with Gasteiger partial charge in [0.1, 0.15) is 19.5 Å². The van der Waals surface area contributed by atoms with Crippen molar-refractivity contribution in [3.8, 4) is 5.75 Å². The fraction of sp³-hybridized carbons (Fsp3) is 0.222. The van der Waals surface area contributed by atoms with Crippen LogP contribution in [0, 0.1) is 0 Å². The zero-order valence-corrected chi connectivity index (χ0v) is 13.3. The van der Waals surface area contributed by atoms with E-state index in [0.717, 1.165) is 11.3 Å². The first-order valence-electron chi connectivity index (χ1n) is 7.41. The van der Waals surface area contributed by atoms with Gasteiger partial charge in [-0.25, -0.2) is 0 Å². The molecule has 1 amide bonds. The van der Waals surface area contributed by atoms with Crippen LogP contribution in [0.15, 0.2) is 59.8 Å². The van der Waals surface area contributed by atoms with Crippen LogP contribution in [0.4, 0.5) is 0 Å². The van der Waals surface area contributed by atoms with Crippen LogP contribution < -0.4 is 10.1 Å². The van der Waals surface area contributed by atoms with Gasteiger partial charge in [-0.2, -0.15) is 0 Å². The van der Waals surface area contributed by atoms with Gasteiger partial charge in [-0.15, -0.1) is 0 Å². The molecule has 0 bridgehead atoms. The van der Waals surface area contributed by atoms with E-state index in [2.05, 4.69) is 10.5 Å². The maximum atomic E-state index is 12.2.